The first-order valence-corrected chi connectivity index (χ1v) is 8.65. The van der Waals surface area contributed by atoms with Crippen molar-refractivity contribution in [2.24, 2.45) is 4.99 Å². The largest absolute Gasteiger partial charge is 0.247 e. The van der Waals surface area contributed by atoms with Gasteiger partial charge in [0.1, 0.15) is 0 Å². The van der Waals surface area contributed by atoms with Crippen molar-refractivity contribution in [2.75, 3.05) is 0 Å². The Bertz CT molecular complexity index is 577. The molecule has 122 valence electrons. The van der Waals surface area contributed by atoms with Crippen molar-refractivity contribution >= 4 is 11.9 Å². The summed E-state index contributed by atoms with van der Waals surface area (Å²) < 4.78 is 0. The molecule has 0 fully saturated rings. The predicted molar refractivity (Wildman–Crippen MR) is 102 cm³/mol. The summed E-state index contributed by atoms with van der Waals surface area (Å²) in [6, 6.07) is 6.47. The van der Waals surface area contributed by atoms with Gasteiger partial charge in [-0.25, -0.2) is 4.99 Å². The van der Waals surface area contributed by atoms with E-state index in [9.17, 15) is 0 Å². The molecule has 1 aromatic carbocycles. The van der Waals surface area contributed by atoms with Crippen LogP contribution in [0.2, 0.25) is 0 Å². The average Bonchev–Trinajstić information content (AvgIpc) is 2.52. The molecule has 0 heterocycles. The molecule has 0 aromatic heterocycles. The van der Waals surface area contributed by atoms with Crippen LogP contribution in [0, 0.1) is 24.2 Å². The maximum Gasteiger partial charge on any atom is 0.0773 e. The SMILES string of the molecule is C#CCCCCCC#CC=Nc1c(C(C)C)cccc1C(C)C. The summed E-state index contributed by atoms with van der Waals surface area (Å²) in [5.74, 6) is 9.85. The van der Waals surface area contributed by atoms with Crippen LogP contribution < -0.4 is 0 Å². The van der Waals surface area contributed by atoms with Crippen LogP contribution in [0.3, 0.4) is 0 Å². The van der Waals surface area contributed by atoms with Crippen molar-refractivity contribution in [1.82, 2.24) is 0 Å². The van der Waals surface area contributed by atoms with Crippen molar-refractivity contribution in [3.05, 3.63) is 29.3 Å². The minimum Gasteiger partial charge on any atom is -0.247 e. The second kappa shape index (κ2) is 10.7. The molecule has 0 aliphatic rings. The third-order valence-corrected chi connectivity index (χ3v) is 3.83. The van der Waals surface area contributed by atoms with Crippen LogP contribution >= 0.6 is 0 Å². The van der Waals surface area contributed by atoms with E-state index >= 15 is 0 Å². The minimum absolute atomic E-state index is 0.463. The van der Waals surface area contributed by atoms with Gasteiger partial charge in [0.05, 0.1) is 11.9 Å². The zero-order chi connectivity index (χ0) is 17.1. The van der Waals surface area contributed by atoms with E-state index in [-0.39, 0.29) is 0 Å². The summed E-state index contributed by atoms with van der Waals surface area (Å²) in [6.45, 7) is 8.83. The van der Waals surface area contributed by atoms with E-state index < -0.39 is 0 Å². The number of nitrogens with zero attached hydrogens (tertiary/aromatic N) is 1. The number of rotatable bonds is 7. The molecule has 0 N–H and O–H groups in total. The Morgan fingerprint density at radius 1 is 1.00 bits per heavy atom. The van der Waals surface area contributed by atoms with Crippen LogP contribution in [0.25, 0.3) is 0 Å². The number of benzene rings is 1. The lowest BCUT2D eigenvalue weighted by molar-refractivity contribution is 0.709. The van der Waals surface area contributed by atoms with Crippen molar-refractivity contribution in [3.63, 3.8) is 0 Å². The summed E-state index contributed by atoms with van der Waals surface area (Å²) >= 11 is 0. The van der Waals surface area contributed by atoms with E-state index in [0.717, 1.165) is 37.8 Å². The van der Waals surface area contributed by atoms with E-state index in [1.54, 1.807) is 6.21 Å². The summed E-state index contributed by atoms with van der Waals surface area (Å²) in [5.41, 5.74) is 3.69. The highest BCUT2D eigenvalue weighted by molar-refractivity contribution is 5.82. The molecule has 0 bridgehead atoms. The van der Waals surface area contributed by atoms with Crippen molar-refractivity contribution in [1.29, 1.82) is 0 Å². The molecule has 1 heteroatoms. The van der Waals surface area contributed by atoms with Crippen LogP contribution in [-0.4, -0.2) is 6.21 Å². The van der Waals surface area contributed by atoms with Gasteiger partial charge >= 0.3 is 0 Å². The number of terminal acetylenes is 1. The van der Waals surface area contributed by atoms with Crippen LogP contribution in [0.15, 0.2) is 23.2 Å². The Morgan fingerprint density at radius 2 is 1.61 bits per heavy atom. The van der Waals surface area contributed by atoms with Crippen LogP contribution in [0.4, 0.5) is 5.69 Å². The normalized spacial score (nSPS) is 10.8. The van der Waals surface area contributed by atoms with Gasteiger partial charge in [0.2, 0.25) is 0 Å². The highest BCUT2D eigenvalue weighted by Crippen LogP contribution is 2.34. The number of para-hydroxylation sites is 1. The highest BCUT2D eigenvalue weighted by atomic mass is 14.7. The average molecular weight is 307 g/mol. The Hall–Kier alpha value is -1.99. The molecule has 0 aliphatic heterocycles. The maximum absolute atomic E-state index is 5.24. The van der Waals surface area contributed by atoms with Crippen LogP contribution in [0.1, 0.15) is 82.8 Å². The van der Waals surface area contributed by atoms with Crippen molar-refractivity contribution in [2.45, 2.75) is 71.6 Å². The molecule has 1 aromatic rings. The van der Waals surface area contributed by atoms with Crippen molar-refractivity contribution < 1.29 is 0 Å². The van der Waals surface area contributed by atoms with Gasteiger partial charge in [-0.1, -0.05) is 64.2 Å². The van der Waals surface area contributed by atoms with Gasteiger partial charge in [-0.3, -0.25) is 0 Å². The molecule has 23 heavy (non-hydrogen) atoms. The summed E-state index contributed by atoms with van der Waals surface area (Å²) in [6.07, 6.45) is 12.2. The van der Waals surface area contributed by atoms with E-state index in [2.05, 4.69) is 68.6 Å². The van der Waals surface area contributed by atoms with Gasteiger partial charge in [0.25, 0.3) is 0 Å². The number of aliphatic imine (C=N–C) groups is 1. The molecule has 1 rings (SSSR count). The lowest BCUT2D eigenvalue weighted by Gasteiger charge is -2.15. The smallest absolute Gasteiger partial charge is 0.0773 e. The number of unbranched alkanes of at least 4 members (excludes halogenated alkanes) is 4. The van der Waals surface area contributed by atoms with E-state index in [4.69, 9.17) is 6.42 Å². The lowest BCUT2D eigenvalue weighted by atomic mass is 9.93. The molecule has 0 atom stereocenters. The van der Waals surface area contributed by atoms with E-state index in [1.807, 2.05) is 0 Å². The monoisotopic (exact) mass is 307 g/mol. The van der Waals surface area contributed by atoms with Gasteiger partial charge in [-0.15, -0.1) is 12.3 Å². The molecule has 0 radical (unpaired) electrons. The quantitative estimate of drug-likeness (QED) is 0.322. The molecule has 0 saturated heterocycles. The standard InChI is InChI=1S/C22H29N/c1-6-7-8-9-10-11-12-13-17-23-22-20(18(2)3)15-14-16-21(22)19(4)5/h1,14-19H,7-11H2,2-5H3. The maximum atomic E-state index is 5.24. The van der Waals surface area contributed by atoms with E-state index in [1.165, 1.54) is 11.1 Å². The molecular formula is C22H29N. The van der Waals surface area contributed by atoms with Gasteiger partial charge in [0.15, 0.2) is 0 Å². The third-order valence-electron chi connectivity index (χ3n) is 3.83. The molecular weight excluding hydrogens is 278 g/mol. The summed E-state index contributed by atoms with van der Waals surface area (Å²) in [4.78, 5) is 4.67. The Balaban J connectivity index is 2.71. The van der Waals surface area contributed by atoms with Gasteiger partial charge in [-0.2, -0.15) is 0 Å². The molecule has 0 spiro atoms. The molecule has 1 nitrogen and oxygen atoms in total. The zero-order valence-electron chi connectivity index (χ0n) is 15.0. The van der Waals surface area contributed by atoms with Gasteiger partial charge in [0, 0.05) is 12.8 Å². The first-order valence-electron chi connectivity index (χ1n) is 8.65. The third kappa shape index (κ3) is 6.75. The second-order valence-corrected chi connectivity index (χ2v) is 6.44. The zero-order valence-corrected chi connectivity index (χ0v) is 15.0. The Labute approximate surface area is 142 Å². The number of hydrogen-bond donors (Lipinski definition) is 0. The highest BCUT2D eigenvalue weighted by Gasteiger charge is 2.12. The molecule has 0 unspecified atom stereocenters. The van der Waals surface area contributed by atoms with E-state index in [0.29, 0.717) is 11.8 Å². The van der Waals surface area contributed by atoms with Crippen LogP contribution in [0.5, 0.6) is 0 Å². The van der Waals surface area contributed by atoms with Crippen LogP contribution in [-0.2, 0) is 0 Å². The Kier molecular flexibility index (Phi) is 8.86. The predicted octanol–water partition coefficient (Wildman–Crippen LogP) is 6.22. The molecule has 0 aliphatic carbocycles. The second-order valence-electron chi connectivity index (χ2n) is 6.44. The summed E-state index contributed by atoms with van der Waals surface area (Å²) in [5, 5.41) is 0. The minimum atomic E-state index is 0.463. The first-order chi connectivity index (χ1) is 11.1. The summed E-state index contributed by atoms with van der Waals surface area (Å²) in [7, 11) is 0. The first kappa shape index (κ1) is 19.1. The molecule has 0 amide bonds. The fraction of sp³-hybridized carbons (Fsp3) is 0.500. The topological polar surface area (TPSA) is 12.4 Å². The fourth-order valence-corrected chi connectivity index (χ4v) is 2.49. The van der Waals surface area contributed by atoms with Gasteiger partial charge < -0.3 is 0 Å². The van der Waals surface area contributed by atoms with Gasteiger partial charge in [-0.05, 0) is 35.8 Å². The van der Waals surface area contributed by atoms with Crippen molar-refractivity contribution in [3.8, 4) is 24.2 Å². The fourth-order valence-electron chi connectivity index (χ4n) is 2.49. The lowest BCUT2D eigenvalue weighted by Crippen LogP contribution is -1.95. The molecule has 0 saturated carbocycles. The Morgan fingerprint density at radius 3 is 2.17 bits per heavy atom. The number of hydrogen-bond acceptors (Lipinski definition) is 1.